The first kappa shape index (κ1) is 21.2. The largest absolute Gasteiger partial charge is 0.278 e. The standard InChI is InChI=1S/C34H20INO2/c35-33-29-25-17-9-1-5-13-21(17)27(22-14-6-2-10-18(22)25)31(29)34(36(37)38)32-28-23-15-7-3-11-19(23)26(30(32)33)20-12-4-8-16-24(20)28/h1-16,25-28H. The van der Waals surface area contributed by atoms with Crippen LogP contribution in [0.15, 0.2) is 97.1 Å². The summed E-state index contributed by atoms with van der Waals surface area (Å²) < 4.78 is 1.20. The van der Waals surface area contributed by atoms with Gasteiger partial charge in [0, 0.05) is 38.4 Å². The Morgan fingerprint density at radius 3 is 0.947 bits per heavy atom. The summed E-state index contributed by atoms with van der Waals surface area (Å²) in [6.45, 7) is 0. The Morgan fingerprint density at radius 2 is 0.711 bits per heavy atom. The smallest absolute Gasteiger partial charge is 0.258 e. The van der Waals surface area contributed by atoms with Gasteiger partial charge >= 0.3 is 0 Å². The van der Waals surface area contributed by atoms with Gasteiger partial charge in [-0.15, -0.1) is 0 Å². The summed E-state index contributed by atoms with van der Waals surface area (Å²) in [6.07, 6.45) is 0. The van der Waals surface area contributed by atoms with Crippen LogP contribution in [0.2, 0.25) is 0 Å². The zero-order valence-electron chi connectivity index (χ0n) is 20.2. The van der Waals surface area contributed by atoms with Gasteiger partial charge in [0.25, 0.3) is 5.69 Å². The van der Waals surface area contributed by atoms with Crippen LogP contribution in [0.4, 0.5) is 5.69 Å². The van der Waals surface area contributed by atoms with Gasteiger partial charge < -0.3 is 0 Å². The summed E-state index contributed by atoms with van der Waals surface area (Å²) in [5, 5.41) is 13.3. The first-order valence-electron chi connectivity index (χ1n) is 13.1. The van der Waals surface area contributed by atoms with Crippen molar-refractivity contribution < 1.29 is 4.92 Å². The number of benzene rings is 5. The van der Waals surface area contributed by atoms with E-state index in [0.29, 0.717) is 5.69 Å². The van der Waals surface area contributed by atoms with E-state index in [0.717, 1.165) is 22.3 Å². The molecular weight excluding hydrogens is 581 g/mol. The molecule has 0 spiro atoms. The minimum absolute atomic E-state index is 0.00393. The van der Waals surface area contributed by atoms with Crippen LogP contribution >= 0.6 is 22.6 Å². The van der Waals surface area contributed by atoms with Crippen LogP contribution in [-0.4, -0.2) is 4.92 Å². The molecule has 0 fully saturated rings. The van der Waals surface area contributed by atoms with Gasteiger partial charge in [-0.05, 0) is 78.2 Å². The van der Waals surface area contributed by atoms with E-state index >= 15 is 0 Å². The molecule has 0 unspecified atom stereocenters. The molecule has 0 saturated heterocycles. The minimum Gasteiger partial charge on any atom is -0.258 e. The molecule has 38 heavy (non-hydrogen) atoms. The molecule has 4 heteroatoms. The van der Waals surface area contributed by atoms with E-state index < -0.39 is 0 Å². The van der Waals surface area contributed by atoms with Gasteiger partial charge in [-0.3, -0.25) is 10.1 Å². The quantitative estimate of drug-likeness (QED) is 0.108. The Morgan fingerprint density at radius 1 is 0.474 bits per heavy atom. The SMILES string of the molecule is O=[N+]([O-])c1c2c(c(I)c3c1C1c4ccccc4C3c3ccccc31)C1c3ccccc3C2c2ccccc21. The molecule has 0 amide bonds. The van der Waals surface area contributed by atoms with E-state index in [4.69, 9.17) is 0 Å². The lowest BCUT2D eigenvalue weighted by molar-refractivity contribution is -0.386. The molecule has 5 aromatic rings. The average molecular weight is 601 g/mol. The van der Waals surface area contributed by atoms with Gasteiger partial charge in [0.15, 0.2) is 0 Å². The number of nitro groups is 1. The lowest BCUT2D eigenvalue weighted by atomic mass is 9.56. The van der Waals surface area contributed by atoms with Crippen molar-refractivity contribution in [2.75, 3.05) is 0 Å². The Bertz CT molecular complexity index is 1680. The molecule has 6 aliphatic rings. The van der Waals surface area contributed by atoms with Crippen molar-refractivity contribution in [2.45, 2.75) is 23.7 Å². The summed E-state index contributed by atoms with van der Waals surface area (Å²) in [4.78, 5) is 13.2. The summed E-state index contributed by atoms with van der Waals surface area (Å²) in [7, 11) is 0. The fraction of sp³-hybridized carbons (Fsp3) is 0.118. The van der Waals surface area contributed by atoms with Gasteiger partial charge in [-0.2, -0.15) is 0 Å². The molecule has 0 N–H and O–H groups in total. The fourth-order valence-corrected chi connectivity index (χ4v) is 9.39. The summed E-state index contributed by atoms with van der Waals surface area (Å²) in [5.74, 6) is -0.256. The molecule has 0 aliphatic heterocycles. The van der Waals surface area contributed by atoms with Gasteiger partial charge in [0.1, 0.15) is 0 Å². The van der Waals surface area contributed by atoms with Gasteiger partial charge in [0.05, 0.1) is 4.92 Å². The highest BCUT2D eigenvalue weighted by atomic mass is 127. The maximum absolute atomic E-state index is 13.3. The zero-order chi connectivity index (χ0) is 25.3. The van der Waals surface area contributed by atoms with E-state index in [9.17, 15) is 10.1 Å². The molecule has 180 valence electrons. The van der Waals surface area contributed by atoms with E-state index in [2.05, 4.69) is 120 Å². The van der Waals surface area contributed by atoms with Crippen LogP contribution in [0.1, 0.15) is 90.4 Å². The Hall–Kier alpha value is -3.77. The van der Waals surface area contributed by atoms with Crippen LogP contribution in [0.3, 0.4) is 0 Å². The minimum atomic E-state index is -0.132. The average Bonchev–Trinajstić information content (AvgIpc) is 2.96. The van der Waals surface area contributed by atoms with Gasteiger partial charge in [-0.25, -0.2) is 0 Å². The number of hydrogen-bond donors (Lipinski definition) is 0. The maximum atomic E-state index is 13.3. The van der Waals surface area contributed by atoms with Crippen molar-refractivity contribution in [3.63, 3.8) is 0 Å². The van der Waals surface area contributed by atoms with E-state index in [1.807, 2.05) is 0 Å². The second-order valence-corrected chi connectivity index (χ2v) is 11.9. The number of rotatable bonds is 1. The molecule has 0 atom stereocenters. The molecule has 6 aliphatic carbocycles. The lowest BCUT2D eigenvalue weighted by Gasteiger charge is -2.47. The van der Waals surface area contributed by atoms with Crippen molar-refractivity contribution in [1.29, 1.82) is 0 Å². The summed E-state index contributed by atoms with van der Waals surface area (Å²) >= 11 is 2.54. The molecule has 0 heterocycles. The molecular formula is C34H20INO2. The van der Waals surface area contributed by atoms with E-state index in [-0.39, 0.29) is 28.6 Å². The number of hydrogen-bond acceptors (Lipinski definition) is 2. The summed E-state index contributed by atoms with van der Waals surface area (Å²) in [5.41, 5.74) is 14.5. The Kier molecular flexibility index (Phi) is 4.02. The van der Waals surface area contributed by atoms with Crippen molar-refractivity contribution in [1.82, 2.24) is 0 Å². The van der Waals surface area contributed by atoms with Crippen molar-refractivity contribution in [3.8, 4) is 0 Å². The van der Waals surface area contributed by atoms with Crippen LogP contribution < -0.4 is 0 Å². The van der Waals surface area contributed by atoms with Crippen LogP contribution in [0.25, 0.3) is 0 Å². The van der Waals surface area contributed by atoms with Crippen molar-refractivity contribution in [3.05, 3.63) is 178 Å². The molecule has 4 bridgehead atoms. The predicted octanol–water partition coefficient (Wildman–Crippen LogP) is 8.17. The third kappa shape index (κ3) is 2.33. The van der Waals surface area contributed by atoms with E-state index in [1.165, 1.54) is 48.1 Å². The molecule has 5 aromatic carbocycles. The van der Waals surface area contributed by atoms with Crippen molar-refractivity contribution in [2.24, 2.45) is 0 Å². The molecule has 0 aromatic heterocycles. The zero-order valence-corrected chi connectivity index (χ0v) is 22.3. The second kappa shape index (κ2) is 7.20. The highest BCUT2D eigenvalue weighted by Gasteiger charge is 2.53. The fourth-order valence-electron chi connectivity index (χ4n) is 8.19. The predicted molar refractivity (Wildman–Crippen MR) is 155 cm³/mol. The Balaban J connectivity index is 1.47. The first-order valence-corrected chi connectivity index (χ1v) is 14.1. The number of nitro benzene ring substituents is 1. The first-order chi connectivity index (χ1) is 18.7. The van der Waals surface area contributed by atoms with Crippen LogP contribution in [0, 0.1) is 13.7 Å². The number of halogens is 1. The van der Waals surface area contributed by atoms with E-state index in [1.54, 1.807) is 0 Å². The maximum Gasteiger partial charge on any atom is 0.278 e. The Labute approximate surface area is 233 Å². The summed E-state index contributed by atoms with van der Waals surface area (Å²) in [6, 6.07) is 34.3. The normalized spacial score (nSPS) is 22.0. The molecule has 3 nitrogen and oxygen atoms in total. The van der Waals surface area contributed by atoms with Crippen molar-refractivity contribution >= 4 is 28.3 Å². The van der Waals surface area contributed by atoms with Crippen LogP contribution in [-0.2, 0) is 0 Å². The highest BCUT2D eigenvalue weighted by molar-refractivity contribution is 14.1. The number of nitrogens with zero attached hydrogens (tertiary/aromatic N) is 1. The highest BCUT2D eigenvalue weighted by Crippen LogP contribution is 2.65. The molecule has 0 radical (unpaired) electrons. The third-order valence-electron chi connectivity index (χ3n) is 9.37. The molecule has 0 saturated carbocycles. The lowest BCUT2D eigenvalue weighted by Crippen LogP contribution is -2.34. The topological polar surface area (TPSA) is 43.1 Å². The molecule has 11 rings (SSSR count). The monoisotopic (exact) mass is 601 g/mol. The van der Waals surface area contributed by atoms with Gasteiger partial charge in [0.2, 0.25) is 0 Å². The third-order valence-corrected chi connectivity index (χ3v) is 10.5. The van der Waals surface area contributed by atoms with Crippen LogP contribution in [0.5, 0.6) is 0 Å². The van der Waals surface area contributed by atoms with Gasteiger partial charge in [-0.1, -0.05) is 97.1 Å². The second-order valence-electron chi connectivity index (χ2n) is 10.8.